The number of hydrogen-bond donors (Lipinski definition) is 2. The first kappa shape index (κ1) is 41.7. The molecule has 0 aliphatic rings. The van der Waals surface area contributed by atoms with Crippen LogP contribution in [0, 0.1) is 0 Å². The third-order valence-corrected chi connectivity index (χ3v) is 7.81. The predicted octanol–water partition coefficient (Wildman–Crippen LogP) is 9.13. The highest BCUT2D eigenvalue weighted by Gasteiger charge is 2.25. The van der Waals surface area contributed by atoms with Gasteiger partial charge in [-0.25, -0.2) is 4.57 Å². The summed E-state index contributed by atoms with van der Waals surface area (Å²) < 4.78 is 33.1. The summed E-state index contributed by atoms with van der Waals surface area (Å²) in [5.74, 6) is -0.345. The second kappa shape index (κ2) is 32.1. The molecule has 0 aliphatic heterocycles. The summed E-state index contributed by atoms with van der Waals surface area (Å²) >= 11 is 0. The van der Waals surface area contributed by atoms with Gasteiger partial charge in [0.2, 0.25) is 0 Å². The molecule has 0 heterocycles. The molecule has 0 aliphatic carbocycles. The Bertz CT molecular complexity index is 757. The number of esters is 1. The number of carbonyl (C=O) groups is 1. The molecular formula is C34H64NO7P. The minimum atomic E-state index is -4.26. The predicted molar refractivity (Wildman–Crippen MR) is 178 cm³/mol. The van der Waals surface area contributed by atoms with Gasteiger partial charge in [0.15, 0.2) is 0 Å². The zero-order valence-electron chi connectivity index (χ0n) is 27.4. The van der Waals surface area contributed by atoms with Crippen LogP contribution in [0.5, 0.6) is 0 Å². The molecule has 0 aromatic rings. The molecule has 0 aromatic heterocycles. The molecule has 0 spiro atoms. The number of rotatable bonds is 32. The van der Waals surface area contributed by atoms with Gasteiger partial charge in [0.05, 0.1) is 19.8 Å². The lowest BCUT2D eigenvalue weighted by atomic mass is 10.1. The van der Waals surface area contributed by atoms with E-state index in [0.29, 0.717) is 13.0 Å². The van der Waals surface area contributed by atoms with Crippen molar-refractivity contribution in [3.8, 4) is 0 Å². The van der Waals surface area contributed by atoms with Crippen molar-refractivity contribution in [2.24, 2.45) is 5.73 Å². The van der Waals surface area contributed by atoms with Crippen LogP contribution in [-0.4, -0.2) is 49.9 Å². The van der Waals surface area contributed by atoms with E-state index >= 15 is 0 Å². The minimum absolute atomic E-state index is 0.0977. The van der Waals surface area contributed by atoms with Crippen molar-refractivity contribution < 1.29 is 32.8 Å². The molecule has 0 amide bonds. The van der Waals surface area contributed by atoms with Crippen LogP contribution in [0.4, 0.5) is 0 Å². The second-order valence-corrected chi connectivity index (χ2v) is 12.5. The summed E-state index contributed by atoms with van der Waals surface area (Å²) in [4.78, 5) is 22.2. The molecule has 0 fully saturated rings. The molecule has 0 bridgehead atoms. The van der Waals surface area contributed by atoms with Crippen LogP contribution in [0.1, 0.15) is 136 Å². The Morgan fingerprint density at radius 1 is 0.721 bits per heavy atom. The number of unbranched alkanes of at least 4 members (excludes halogenated alkanes) is 13. The first-order chi connectivity index (χ1) is 20.9. The molecule has 0 aromatic carbocycles. The van der Waals surface area contributed by atoms with Gasteiger partial charge in [-0.2, -0.15) is 0 Å². The highest BCUT2D eigenvalue weighted by molar-refractivity contribution is 7.47. The molecule has 43 heavy (non-hydrogen) atoms. The van der Waals surface area contributed by atoms with Crippen molar-refractivity contribution in [3.63, 3.8) is 0 Å². The number of nitrogens with two attached hydrogens (primary N) is 1. The zero-order chi connectivity index (χ0) is 31.7. The number of carbonyl (C=O) groups excluding carboxylic acids is 1. The third-order valence-electron chi connectivity index (χ3n) is 6.82. The average molecular weight is 630 g/mol. The quantitative estimate of drug-likeness (QED) is 0.0327. The Balaban J connectivity index is 4.08. The van der Waals surface area contributed by atoms with E-state index in [9.17, 15) is 14.3 Å². The number of phosphoric ester groups is 1. The van der Waals surface area contributed by atoms with Crippen molar-refractivity contribution in [2.45, 2.75) is 142 Å². The molecule has 2 atom stereocenters. The van der Waals surface area contributed by atoms with Gasteiger partial charge in [-0.05, 0) is 44.9 Å². The summed E-state index contributed by atoms with van der Waals surface area (Å²) in [6.07, 6.45) is 33.1. The maximum absolute atomic E-state index is 12.4. The van der Waals surface area contributed by atoms with Crippen LogP contribution >= 0.6 is 7.82 Å². The van der Waals surface area contributed by atoms with Gasteiger partial charge < -0.3 is 20.1 Å². The first-order valence-corrected chi connectivity index (χ1v) is 18.5. The van der Waals surface area contributed by atoms with Crippen LogP contribution in [0.3, 0.4) is 0 Å². The van der Waals surface area contributed by atoms with Crippen LogP contribution in [0.25, 0.3) is 0 Å². The molecular weight excluding hydrogens is 565 g/mol. The Kier molecular flexibility index (Phi) is 31.2. The maximum atomic E-state index is 12.4. The van der Waals surface area contributed by atoms with E-state index in [2.05, 4.69) is 50.3 Å². The summed E-state index contributed by atoms with van der Waals surface area (Å²) in [5.41, 5.74) is 5.33. The van der Waals surface area contributed by atoms with Crippen LogP contribution in [0.15, 0.2) is 36.5 Å². The monoisotopic (exact) mass is 629 g/mol. The third kappa shape index (κ3) is 31.9. The van der Waals surface area contributed by atoms with Gasteiger partial charge in [0.25, 0.3) is 0 Å². The summed E-state index contributed by atoms with van der Waals surface area (Å²) in [7, 11) is -4.26. The zero-order valence-corrected chi connectivity index (χ0v) is 28.3. The maximum Gasteiger partial charge on any atom is 0.472 e. The van der Waals surface area contributed by atoms with E-state index in [1.807, 2.05) is 0 Å². The standard InChI is InChI=1S/C34H64NO7P/c1-3-5-7-9-11-12-13-14-15-16-17-18-19-20-21-23-25-27-34(36)42-33(32-41-43(37,38)40-30-28-35)31-39-29-26-24-22-10-8-6-4-2/h5,7,11-12,14-15,33H,3-4,6,8-10,13,16-32,35H2,1-2H3,(H,37,38)/b7-5-,12-11-,15-14-. The Morgan fingerprint density at radius 3 is 1.95 bits per heavy atom. The van der Waals surface area contributed by atoms with Crippen molar-refractivity contribution in [1.29, 1.82) is 0 Å². The average Bonchev–Trinajstić information content (AvgIpc) is 2.99. The molecule has 3 N–H and O–H groups in total. The minimum Gasteiger partial charge on any atom is -0.457 e. The number of allylic oxidation sites excluding steroid dienone is 6. The summed E-state index contributed by atoms with van der Waals surface area (Å²) in [5, 5.41) is 0. The molecule has 2 unspecified atom stereocenters. The van der Waals surface area contributed by atoms with Crippen molar-refractivity contribution >= 4 is 13.8 Å². The summed E-state index contributed by atoms with van der Waals surface area (Å²) in [6.45, 7) is 4.74. The second-order valence-electron chi connectivity index (χ2n) is 11.0. The fourth-order valence-electron chi connectivity index (χ4n) is 4.36. The Labute approximate surface area is 263 Å². The highest BCUT2D eigenvalue weighted by atomic mass is 31.2. The molecule has 252 valence electrons. The van der Waals surface area contributed by atoms with Gasteiger partial charge in [-0.1, -0.05) is 121 Å². The largest absolute Gasteiger partial charge is 0.472 e. The fraction of sp³-hybridized carbons (Fsp3) is 0.794. The molecule has 0 radical (unpaired) electrons. The number of phosphoric acid groups is 1. The van der Waals surface area contributed by atoms with E-state index in [1.54, 1.807) is 0 Å². The molecule has 8 nitrogen and oxygen atoms in total. The lowest BCUT2D eigenvalue weighted by Gasteiger charge is -2.20. The van der Waals surface area contributed by atoms with Crippen LogP contribution < -0.4 is 5.73 Å². The molecule has 0 saturated carbocycles. The van der Waals surface area contributed by atoms with Gasteiger partial charge >= 0.3 is 13.8 Å². The van der Waals surface area contributed by atoms with Crippen molar-refractivity contribution in [3.05, 3.63) is 36.5 Å². The van der Waals surface area contributed by atoms with Crippen LogP contribution in [0.2, 0.25) is 0 Å². The number of hydrogen-bond acceptors (Lipinski definition) is 7. The van der Waals surface area contributed by atoms with Gasteiger partial charge in [-0.3, -0.25) is 13.8 Å². The fourth-order valence-corrected chi connectivity index (χ4v) is 5.13. The van der Waals surface area contributed by atoms with E-state index in [0.717, 1.165) is 57.8 Å². The lowest BCUT2D eigenvalue weighted by molar-refractivity contribution is -0.154. The highest BCUT2D eigenvalue weighted by Crippen LogP contribution is 2.43. The molecule has 0 saturated heterocycles. The van der Waals surface area contributed by atoms with Gasteiger partial charge in [0, 0.05) is 19.6 Å². The van der Waals surface area contributed by atoms with Crippen molar-refractivity contribution in [2.75, 3.05) is 33.0 Å². The van der Waals surface area contributed by atoms with E-state index in [4.69, 9.17) is 24.3 Å². The normalized spacial score (nSPS) is 14.2. The summed E-state index contributed by atoms with van der Waals surface area (Å²) in [6, 6.07) is 0. The Hall–Kier alpha value is -1.28. The smallest absolute Gasteiger partial charge is 0.457 e. The van der Waals surface area contributed by atoms with E-state index in [1.165, 1.54) is 57.8 Å². The molecule has 0 rings (SSSR count). The van der Waals surface area contributed by atoms with Gasteiger partial charge in [0.1, 0.15) is 6.10 Å². The topological polar surface area (TPSA) is 117 Å². The first-order valence-electron chi connectivity index (χ1n) is 17.0. The van der Waals surface area contributed by atoms with Crippen LogP contribution in [-0.2, 0) is 27.9 Å². The number of ether oxygens (including phenoxy) is 2. The van der Waals surface area contributed by atoms with E-state index < -0.39 is 13.9 Å². The SMILES string of the molecule is CC/C=C\C/C=C\C/C=C\CCCCCCCCCC(=O)OC(COCCCCCCCCC)COP(=O)(O)OCCN. The lowest BCUT2D eigenvalue weighted by Crippen LogP contribution is -2.28. The molecule has 9 heteroatoms. The Morgan fingerprint density at radius 2 is 1.30 bits per heavy atom. The van der Waals surface area contributed by atoms with E-state index in [-0.39, 0.29) is 32.3 Å². The van der Waals surface area contributed by atoms with Crippen molar-refractivity contribution in [1.82, 2.24) is 0 Å². The van der Waals surface area contributed by atoms with Gasteiger partial charge in [-0.15, -0.1) is 0 Å².